The fourth-order valence-corrected chi connectivity index (χ4v) is 2.61. The molecule has 1 aliphatic rings. The minimum absolute atomic E-state index is 0.0772. The van der Waals surface area contributed by atoms with E-state index >= 15 is 0 Å². The van der Waals surface area contributed by atoms with Gasteiger partial charge in [0.25, 0.3) is 0 Å². The smallest absolute Gasteiger partial charge is 0.410 e. The van der Waals surface area contributed by atoms with Gasteiger partial charge < -0.3 is 24.2 Å². The number of hydrogen-bond acceptors (Lipinski definition) is 7. The predicted molar refractivity (Wildman–Crippen MR) is 108 cm³/mol. The maximum Gasteiger partial charge on any atom is 0.410 e. The molecule has 0 aliphatic carbocycles. The van der Waals surface area contributed by atoms with Gasteiger partial charge in [0.15, 0.2) is 12.4 Å². The maximum atomic E-state index is 12.2. The molecule has 0 unspecified atom stereocenters. The highest BCUT2D eigenvalue weighted by atomic mass is 16.6. The number of ether oxygens (including phenoxy) is 2. The monoisotopic (exact) mass is 390 g/mol. The number of pyridine rings is 1. The lowest BCUT2D eigenvalue weighted by Gasteiger charge is -2.36. The fraction of sp³-hybridized carbons (Fsp3) is 0.550. The van der Waals surface area contributed by atoms with Crippen LogP contribution in [0.4, 0.5) is 10.5 Å². The second kappa shape index (κ2) is 9.43. The van der Waals surface area contributed by atoms with E-state index in [4.69, 9.17) is 9.47 Å². The molecule has 28 heavy (non-hydrogen) atoms. The topological polar surface area (TPSA) is 75.2 Å². The largest absolute Gasteiger partial charge is 0.468 e. The molecule has 0 spiro atoms. The third kappa shape index (κ3) is 6.75. The Balaban J connectivity index is 1.94. The maximum absolute atomic E-state index is 12.2. The molecular formula is C20H30N4O4. The van der Waals surface area contributed by atoms with Gasteiger partial charge >= 0.3 is 6.09 Å². The molecule has 1 aliphatic heterocycles. The standard InChI is InChI=1S/C20H30N4O4/c1-20(2,3)28-19(26)24-13-11-23(12-14-24)17-7-6-9-21-18(17)27-15-16(25)8-10-22(4)5/h6-10H,11-15H2,1-5H3/b10-8+. The Bertz CT molecular complexity index is 704. The molecule has 154 valence electrons. The summed E-state index contributed by atoms with van der Waals surface area (Å²) in [6.07, 6.45) is 4.49. The summed E-state index contributed by atoms with van der Waals surface area (Å²) in [4.78, 5) is 34.0. The van der Waals surface area contributed by atoms with Crippen molar-refractivity contribution in [3.05, 3.63) is 30.6 Å². The number of amides is 1. The highest BCUT2D eigenvalue weighted by Gasteiger charge is 2.27. The number of aromatic nitrogens is 1. The SMILES string of the molecule is CN(C)/C=C/C(=O)COc1ncccc1N1CCN(C(=O)OC(C)(C)C)CC1. The van der Waals surface area contributed by atoms with Gasteiger partial charge in [-0.1, -0.05) is 0 Å². The minimum Gasteiger partial charge on any atom is -0.468 e. The first-order valence-corrected chi connectivity index (χ1v) is 9.34. The van der Waals surface area contributed by atoms with Gasteiger partial charge in [0.1, 0.15) is 11.3 Å². The molecule has 1 amide bonds. The molecule has 1 aromatic heterocycles. The quantitative estimate of drug-likeness (QED) is 0.689. The van der Waals surface area contributed by atoms with E-state index in [1.165, 1.54) is 6.08 Å². The molecule has 0 bridgehead atoms. The molecule has 1 saturated heterocycles. The molecule has 2 heterocycles. The van der Waals surface area contributed by atoms with Gasteiger partial charge in [0.2, 0.25) is 5.88 Å². The number of nitrogens with zero attached hydrogens (tertiary/aromatic N) is 4. The van der Waals surface area contributed by atoms with Crippen molar-refractivity contribution in [3.8, 4) is 5.88 Å². The van der Waals surface area contributed by atoms with Crippen LogP contribution in [0.15, 0.2) is 30.6 Å². The van der Waals surface area contributed by atoms with Crippen molar-refractivity contribution in [2.45, 2.75) is 26.4 Å². The van der Waals surface area contributed by atoms with E-state index in [0.717, 1.165) is 5.69 Å². The first kappa shape index (κ1) is 21.5. The van der Waals surface area contributed by atoms with E-state index in [1.807, 2.05) is 47.0 Å². The summed E-state index contributed by atoms with van der Waals surface area (Å²) >= 11 is 0. The lowest BCUT2D eigenvalue weighted by atomic mass is 10.2. The summed E-state index contributed by atoms with van der Waals surface area (Å²) in [6.45, 7) is 7.86. The third-order valence-corrected chi connectivity index (χ3v) is 3.93. The van der Waals surface area contributed by atoms with Crippen LogP contribution in [0.3, 0.4) is 0 Å². The lowest BCUT2D eigenvalue weighted by molar-refractivity contribution is -0.116. The molecule has 0 N–H and O–H groups in total. The van der Waals surface area contributed by atoms with E-state index in [0.29, 0.717) is 32.1 Å². The molecule has 2 rings (SSSR count). The van der Waals surface area contributed by atoms with Gasteiger partial charge in [-0.15, -0.1) is 0 Å². The predicted octanol–water partition coefficient (Wildman–Crippen LogP) is 2.16. The average Bonchev–Trinajstić information content (AvgIpc) is 2.63. The van der Waals surface area contributed by atoms with Crippen molar-refractivity contribution in [1.29, 1.82) is 0 Å². The van der Waals surface area contributed by atoms with Crippen LogP contribution in [0.1, 0.15) is 20.8 Å². The van der Waals surface area contributed by atoms with Crippen LogP contribution >= 0.6 is 0 Å². The summed E-state index contributed by atoms with van der Waals surface area (Å²) in [5.74, 6) is 0.278. The molecule has 8 nitrogen and oxygen atoms in total. The molecule has 8 heteroatoms. The van der Waals surface area contributed by atoms with Crippen LogP contribution in [0.2, 0.25) is 0 Å². The van der Waals surface area contributed by atoms with Crippen molar-refractivity contribution >= 4 is 17.6 Å². The summed E-state index contributed by atoms with van der Waals surface area (Å²) in [6, 6.07) is 3.74. The number of piperazine rings is 1. The normalized spacial score (nSPS) is 14.9. The molecule has 0 radical (unpaired) electrons. The van der Waals surface area contributed by atoms with Crippen LogP contribution in [0, 0.1) is 0 Å². The highest BCUT2D eigenvalue weighted by molar-refractivity contribution is 5.90. The van der Waals surface area contributed by atoms with Crippen LogP contribution in [-0.4, -0.2) is 79.1 Å². The zero-order valence-electron chi connectivity index (χ0n) is 17.3. The lowest BCUT2D eigenvalue weighted by Crippen LogP contribution is -2.50. The highest BCUT2D eigenvalue weighted by Crippen LogP contribution is 2.26. The molecule has 0 atom stereocenters. The van der Waals surface area contributed by atoms with E-state index in [1.54, 1.807) is 22.2 Å². The number of carbonyl (C=O) groups is 2. The number of ketones is 1. The van der Waals surface area contributed by atoms with Crippen LogP contribution < -0.4 is 9.64 Å². The fourth-order valence-electron chi connectivity index (χ4n) is 2.61. The van der Waals surface area contributed by atoms with Crippen molar-refractivity contribution in [1.82, 2.24) is 14.8 Å². The summed E-state index contributed by atoms with van der Waals surface area (Å²) in [7, 11) is 3.69. The van der Waals surface area contributed by atoms with Crippen molar-refractivity contribution in [2.24, 2.45) is 0 Å². The van der Waals surface area contributed by atoms with E-state index in [2.05, 4.69) is 9.88 Å². The van der Waals surface area contributed by atoms with Gasteiger partial charge in [-0.05, 0) is 32.9 Å². The van der Waals surface area contributed by atoms with Gasteiger partial charge in [0.05, 0.1) is 0 Å². The molecule has 1 aromatic rings. The number of rotatable bonds is 6. The number of hydrogen-bond donors (Lipinski definition) is 0. The van der Waals surface area contributed by atoms with Gasteiger partial charge in [-0.3, -0.25) is 4.79 Å². The van der Waals surface area contributed by atoms with Gasteiger partial charge in [0, 0.05) is 58.7 Å². The van der Waals surface area contributed by atoms with Gasteiger partial charge in [-0.25, -0.2) is 9.78 Å². The third-order valence-electron chi connectivity index (χ3n) is 3.93. The van der Waals surface area contributed by atoms with Crippen molar-refractivity contribution in [3.63, 3.8) is 0 Å². The van der Waals surface area contributed by atoms with Crippen LogP contribution in [-0.2, 0) is 9.53 Å². The summed E-state index contributed by atoms with van der Waals surface area (Å²) in [5, 5.41) is 0. The Kier molecular flexibility index (Phi) is 7.25. The Labute approximate surface area is 166 Å². The molecule has 0 aromatic carbocycles. The second-order valence-electron chi connectivity index (χ2n) is 7.82. The van der Waals surface area contributed by atoms with Crippen LogP contribution in [0.25, 0.3) is 0 Å². The van der Waals surface area contributed by atoms with E-state index < -0.39 is 5.60 Å². The van der Waals surface area contributed by atoms with Crippen molar-refractivity contribution < 1.29 is 19.1 Å². The van der Waals surface area contributed by atoms with Crippen LogP contribution in [0.5, 0.6) is 5.88 Å². The molecule has 0 saturated carbocycles. The summed E-state index contributed by atoms with van der Waals surface area (Å²) < 4.78 is 11.1. The summed E-state index contributed by atoms with van der Waals surface area (Å²) in [5.41, 5.74) is 0.308. The second-order valence-corrected chi connectivity index (χ2v) is 7.82. The Hall–Kier alpha value is -2.77. The molecular weight excluding hydrogens is 360 g/mol. The van der Waals surface area contributed by atoms with Crippen molar-refractivity contribution in [2.75, 3.05) is 51.8 Å². The average molecular weight is 390 g/mol. The minimum atomic E-state index is -0.508. The first-order chi connectivity index (χ1) is 13.2. The number of carbonyl (C=O) groups excluding carboxylic acids is 2. The van der Waals surface area contributed by atoms with E-state index in [-0.39, 0.29) is 18.5 Å². The Morgan fingerprint density at radius 1 is 1.21 bits per heavy atom. The van der Waals surface area contributed by atoms with E-state index in [9.17, 15) is 9.59 Å². The Morgan fingerprint density at radius 2 is 1.89 bits per heavy atom. The molecule has 1 fully saturated rings. The first-order valence-electron chi connectivity index (χ1n) is 9.34. The Morgan fingerprint density at radius 3 is 2.50 bits per heavy atom. The zero-order chi connectivity index (χ0) is 20.7. The van der Waals surface area contributed by atoms with Gasteiger partial charge in [-0.2, -0.15) is 0 Å². The number of anilines is 1. The zero-order valence-corrected chi connectivity index (χ0v) is 17.3.